The molecule has 0 aliphatic carbocycles. The van der Waals surface area contributed by atoms with Crippen LogP contribution in [-0.4, -0.2) is 24.4 Å². The van der Waals surface area contributed by atoms with Gasteiger partial charge in [-0.2, -0.15) is 0 Å². The van der Waals surface area contributed by atoms with Crippen LogP contribution in [0.25, 0.3) is 0 Å². The summed E-state index contributed by atoms with van der Waals surface area (Å²) in [5, 5.41) is 5.32. The van der Waals surface area contributed by atoms with Crippen LogP contribution in [0.1, 0.15) is 47.9 Å². The van der Waals surface area contributed by atoms with Gasteiger partial charge in [0.15, 0.2) is 0 Å². The monoisotopic (exact) mass is 476 g/mol. The lowest BCUT2D eigenvalue weighted by atomic mass is 10.1. The molecule has 3 aromatic rings. The summed E-state index contributed by atoms with van der Waals surface area (Å²) in [5.74, 6) is -0.627. The minimum absolute atomic E-state index is 0.0340. The van der Waals surface area contributed by atoms with Crippen LogP contribution in [0.15, 0.2) is 83.8 Å². The highest BCUT2D eigenvalue weighted by Crippen LogP contribution is 2.37. The van der Waals surface area contributed by atoms with E-state index in [1.807, 2.05) is 61.5 Å². The predicted molar refractivity (Wildman–Crippen MR) is 136 cm³/mol. The molecule has 0 radical (unpaired) electrons. The number of carbonyl (C=O) groups is 3. The molecule has 3 rings (SSSR count). The Labute approximate surface area is 204 Å². The Morgan fingerprint density at radius 2 is 1.59 bits per heavy atom. The zero-order valence-corrected chi connectivity index (χ0v) is 20.1. The number of carbonyl (C=O) groups excluding carboxylic acids is 3. The van der Waals surface area contributed by atoms with Gasteiger partial charge in [-0.1, -0.05) is 43.3 Å². The van der Waals surface area contributed by atoms with Gasteiger partial charge in [-0.15, -0.1) is 11.8 Å². The van der Waals surface area contributed by atoms with E-state index >= 15 is 0 Å². The van der Waals surface area contributed by atoms with E-state index in [1.165, 1.54) is 11.8 Å². The third-order valence-corrected chi connectivity index (χ3v) is 6.10. The number of thioether (sulfide) groups is 1. The van der Waals surface area contributed by atoms with Gasteiger partial charge in [0.05, 0.1) is 12.2 Å². The summed E-state index contributed by atoms with van der Waals surface area (Å²) in [6.07, 6.45) is 1.23. The molecule has 1 unspecified atom stereocenters. The van der Waals surface area contributed by atoms with E-state index in [0.29, 0.717) is 30.0 Å². The molecule has 6 nitrogen and oxygen atoms in total. The minimum Gasteiger partial charge on any atom is -0.462 e. The Bertz CT molecular complexity index is 1120. The van der Waals surface area contributed by atoms with Crippen molar-refractivity contribution in [2.24, 2.45) is 0 Å². The molecule has 0 bridgehead atoms. The van der Waals surface area contributed by atoms with Gasteiger partial charge in [0.25, 0.3) is 0 Å². The van der Waals surface area contributed by atoms with Gasteiger partial charge in [0.2, 0.25) is 11.8 Å². The van der Waals surface area contributed by atoms with Gasteiger partial charge in [-0.3, -0.25) is 9.59 Å². The van der Waals surface area contributed by atoms with Gasteiger partial charge in [0.1, 0.15) is 5.25 Å². The van der Waals surface area contributed by atoms with Gasteiger partial charge in [0, 0.05) is 22.7 Å². The van der Waals surface area contributed by atoms with Crippen molar-refractivity contribution in [3.05, 3.63) is 90.0 Å². The molecule has 7 heteroatoms. The number of benzene rings is 3. The Kier molecular flexibility index (Phi) is 9.29. The maximum atomic E-state index is 13.3. The molecule has 2 amide bonds. The lowest BCUT2D eigenvalue weighted by Crippen LogP contribution is -2.19. The van der Waals surface area contributed by atoms with Crippen molar-refractivity contribution >= 4 is 40.9 Å². The smallest absolute Gasteiger partial charge is 0.338 e. The Morgan fingerprint density at radius 1 is 0.853 bits per heavy atom. The summed E-state index contributed by atoms with van der Waals surface area (Å²) in [6, 6.07) is 23.6. The molecule has 0 spiro atoms. The van der Waals surface area contributed by atoms with Crippen LogP contribution in [0.3, 0.4) is 0 Å². The fourth-order valence-electron chi connectivity index (χ4n) is 3.25. The molecule has 3 aromatic carbocycles. The van der Waals surface area contributed by atoms with Gasteiger partial charge in [-0.05, 0) is 61.4 Å². The zero-order chi connectivity index (χ0) is 24.3. The SMILES string of the molecule is CCCC(=O)Nc1cccc(SC(C(=O)Nc2ccc(C(=O)OCC)cc2)c2ccccc2)c1. The standard InChI is InChI=1S/C27H28N2O4S/c1-3-9-24(30)28-22-12-8-13-23(18-22)34-25(19-10-6-5-7-11-19)26(31)29-21-16-14-20(15-17-21)27(32)33-4-2/h5-8,10-18,25H,3-4,9H2,1-2H3,(H,28,30)(H,29,31). The second kappa shape index (κ2) is 12.6. The van der Waals surface area contributed by atoms with Crippen molar-refractivity contribution in [3.8, 4) is 0 Å². The van der Waals surface area contributed by atoms with Crippen LogP contribution in [0.2, 0.25) is 0 Å². The third-order valence-electron chi connectivity index (χ3n) is 4.85. The topological polar surface area (TPSA) is 84.5 Å². The normalized spacial score (nSPS) is 11.4. The van der Waals surface area contributed by atoms with Crippen molar-refractivity contribution < 1.29 is 19.1 Å². The second-order valence-electron chi connectivity index (χ2n) is 7.52. The quantitative estimate of drug-likeness (QED) is 0.274. The maximum Gasteiger partial charge on any atom is 0.338 e. The fraction of sp³-hybridized carbons (Fsp3) is 0.222. The molecule has 1 atom stereocenters. The number of hydrogen-bond acceptors (Lipinski definition) is 5. The molecule has 0 heterocycles. The lowest BCUT2D eigenvalue weighted by Gasteiger charge is -2.18. The van der Waals surface area contributed by atoms with Crippen LogP contribution in [0.5, 0.6) is 0 Å². The molecule has 0 aliphatic heterocycles. The number of esters is 1. The first kappa shape index (κ1) is 25.1. The number of ether oxygens (including phenoxy) is 1. The van der Waals surface area contributed by atoms with E-state index in [9.17, 15) is 14.4 Å². The third kappa shape index (κ3) is 7.22. The number of nitrogens with one attached hydrogen (secondary N) is 2. The van der Waals surface area contributed by atoms with E-state index in [2.05, 4.69) is 10.6 Å². The molecule has 34 heavy (non-hydrogen) atoms. The molecule has 0 aliphatic rings. The number of rotatable bonds is 10. The average molecular weight is 477 g/mol. The highest BCUT2D eigenvalue weighted by atomic mass is 32.2. The Balaban J connectivity index is 1.77. The number of amides is 2. The van der Waals surface area contributed by atoms with Crippen molar-refractivity contribution in [2.45, 2.75) is 36.8 Å². The summed E-state index contributed by atoms with van der Waals surface area (Å²) in [5.41, 5.74) is 2.56. The molecule has 0 aromatic heterocycles. The molecular formula is C27H28N2O4S. The maximum absolute atomic E-state index is 13.3. The molecule has 0 fully saturated rings. The first-order valence-corrected chi connectivity index (χ1v) is 12.1. The molecule has 176 valence electrons. The first-order valence-electron chi connectivity index (χ1n) is 11.2. The largest absolute Gasteiger partial charge is 0.462 e. The number of hydrogen-bond donors (Lipinski definition) is 2. The van der Waals surface area contributed by atoms with E-state index in [-0.39, 0.29) is 11.8 Å². The molecule has 0 saturated heterocycles. The van der Waals surface area contributed by atoms with Crippen LogP contribution in [-0.2, 0) is 14.3 Å². The minimum atomic E-state index is -0.521. The van der Waals surface area contributed by atoms with E-state index in [4.69, 9.17) is 4.74 Å². The van der Waals surface area contributed by atoms with Crippen LogP contribution in [0.4, 0.5) is 11.4 Å². The highest BCUT2D eigenvalue weighted by molar-refractivity contribution is 8.00. The van der Waals surface area contributed by atoms with Crippen LogP contribution in [0, 0.1) is 0 Å². The van der Waals surface area contributed by atoms with Crippen LogP contribution >= 0.6 is 11.8 Å². The summed E-state index contributed by atoms with van der Waals surface area (Å²) in [7, 11) is 0. The van der Waals surface area contributed by atoms with E-state index in [0.717, 1.165) is 16.9 Å². The summed E-state index contributed by atoms with van der Waals surface area (Å²) in [4.78, 5) is 38.0. The van der Waals surface area contributed by atoms with E-state index in [1.54, 1.807) is 31.2 Å². The molecule has 2 N–H and O–H groups in total. The second-order valence-corrected chi connectivity index (χ2v) is 8.70. The van der Waals surface area contributed by atoms with Crippen molar-refractivity contribution in [3.63, 3.8) is 0 Å². The fourth-order valence-corrected chi connectivity index (χ4v) is 4.33. The summed E-state index contributed by atoms with van der Waals surface area (Å²) >= 11 is 1.40. The summed E-state index contributed by atoms with van der Waals surface area (Å²) in [6.45, 7) is 4.01. The van der Waals surface area contributed by atoms with Gasteiger partial charge in [-0.25, -0.2) is 4.79 Å². The predicted octanol–water partition coefficient (Wildman–Crippen LogP) is 6.07. The summed E-state index contributed by atoms with van der Waals surface area (Å²) < 4.78 is 5.00. The molecular weight excluding hydrogens is 448 g/mol. The van der Waals surface area contributed by atoms with E-state index < -0.39 is 11.2 Å². The average Bonchev–Trinajstić information content (AvgIpc) is 2.84. The lowest BCUT2D eigenvalue weighted by molar-refractivity contribution is -0.116. The van der Waals surface area contributed by atoms with Gasteiger partial charge >= 0.3 is 5.97 Å². The molecule has 0 saturated carbocycles. The Morgan fingerprint density at radius 3 is 2.26 bits per heavy atom. The Hall–Kier alpha value is -3.58. The van der Waals surface area contributed by atoms with Crippen molar-refractivity contribution in [1.29, 1.82) is 0 Å². The van der Waals surface area contributed by atoms with Crippen molar-refractivity contribution in [2.75, 3.05) is 17.2 Å². The zero-order valence-electron chi connectivity index (χ0n) is 19.2. The first-order chi connectivity index (χ1) is 16.5. The highest BCUT2D eigenvalue weighted by Gasteiger charge is 2.22. The van der Waals surface area contributed by atoms with Gasteiger partial charge < -0.3 is 15.4 Å². The van der Waals surface area contributed by atoms with Crippen molar-refractivity contribution in [1.82, 2.24) is 0 Å². The number of anilines is 2. The van der Waals surface area contributed by atoms with Crippen LogP contribution < -0.4 is 10.6 Å².